The average Bonchev–Trinajstić information content (AvgIpc) is 3.42. The smallest absolute Gasteiger partial charge is 0.323 e. The Bertz CT molecular complexity index is 1240. The Morgan fingerprint density at radius 1 is 1.16 bits per heavy atom. The van der Waals surface area contributed by atoms with Crippen LogP contribution in [0, 0.1) is 5.82 Å². The molecule has 3 heterocycles. The molecule has 2 amide bonds. The Labute approximate surface area is 187 Å². The summed E-state index contributed by atoms with van der Waals surface area (Å²) in [5.74, 6) is 0.106. The second-order valence-electron chi connectivity index (χ2n) is 7.79. The Hall–Kier alpha value is -3.86. The van der Waals surface area contributed by atoms with Gasteiger partial charge in [-0.1, -0.05) is 11.3 Å². The average molecular weight is 454 g/mol. The van der Waals surface area contributed by atoms with E-state index >= 15 is 0 Å². The van der Waals surface area contributed by atoms with Crippen LogP contribution in [0.3, 0.4) is 0 Å². The van der Waals surface area contributed by atoms with E-state index in [1.165, 1.54) is 29.7 Å². The summed E-state index contributed by atoms with van der Waals surface area (Å²) in [5, 5.41) is 17.7. The molecule has 0 aliphatic carbocycles. The highest BCUT2D eigenvalue weighted by molar-refractivity contribution is 7.12. The van der Waals surface area contributed by atoms with Gasteiger partial charge in [-0.3, -0.25) is 9.67 Å². The molecule has 0 fully saturated rings. The van der Waals surface area contributed by atoms with E-state index in [-0.39, 0.29) is 17.0 Å². The van der Waals surface area contributed by atoms with E-state index in [1.807, 2.05) is 20.8 Å². The number of carbonyl (C=O) groups is 1. The molecule has 0 saturated carbocycles. The van der Waals surface area contributed by atoms with Gasteiger partial charge in [0.05, 0.1) is 23.1 Å². The van der Waals surface area contributed by atoms with Crippen molar-refractivity contribution in [2.24, 2.45) is 0 Å². The van der Waals surface area contributed by atoms with Crippen molar-refractivity contribution >= 4 is 28.7 Å². The summed E-state index contributed by atoms with van der Waals surface area (Å²) in [6.07, 6.45) is 4.81. The van der Waals surface area contributed by atoms with Gasteiger partial charge in [-0.05, 0) is 39.0 Å². The maximum atomic E-state index is 14.5. The minimum absolute atomic E-state index is 0.0161. The number of aromatic nitrogens is 5. The van der Waals surface area contributed by atoms with Crippen LogP contribution in [-0.2, 0) is 5.54 Å². The van der Waals surface area contributed by atoms with Gasteiger partial charge in [0.15, 0.2) is 5.01 Å². The molecule has 0 aliphatic heterocycles. The third kappa shape index (κ3) is 5.06. The number of amides is 2. The Morgan fingerprint density at radius 2 is 1.97 bits per heavy atom. The topological polar surface area (TPSA) is 107 Å². The number of benzene rings is 1. The lowest BCUT2D eigenvalue weighted by Crippen LogP contribution is -2.22. The number of pyridine rings is 1. The molecule has 9 nitrogen and oxygen atoms in total. The summed E-state index contributed by atoms with van der Waals surface area (Å²) in [6, 6.07) is 6.94. The van der Waals surface area contributed by atoms with E-state index in [2.05, 4.69) is 30.9 Å². The lowest BCUT2D eigenvalue weighted by Gasteiger charge is -2.18. The number of rotatable bonds is 5. The molecule has 4 rings (SSSR count). The maximum Gasteiger partial charge on any atom is 0.323 e. The van der Waals surface area contributed by atoms with Crippen molar-refractivity contribution in [3.63, 3.8) is 0 Å². The third-order valence-corrected chi connectivity index (χ3v) is 4.98. The molecule has 0 aliphatic rings. The van der Waals surface area contributed by atoms with Crippen molar-refractivity contribution in [3.05, 3.63) is 60.3 Å². The van der Waals surface area contributed by atoms with Crippen LogP contribution in [0.4, 0.5) is 20.6 Å². The molecule has 32 heavy (non-hydrogen) atoms. The van der Waals surface area contributed by atoms with Crippen molar-refractivity contribution in [2.45, 2.75) is 26.3 Å². The molecular weight excluding hydrogens is 433 g/mol. The number of nitrogens with one attached hydrogen (secondary N) is 2. The summed E-state index contributed by atoms with van der Waals surface area (Å²) < 4.78 is 22.0. The SMILES string of the molecule is CC(C)(C)n1cc(NC(=O)Nc2ccc(Oc3ccnc(-c4nncs4)c3)cc2F)cn1. The van der Waals surface area contributed by atoms with Crippen LogP contribution in [0.15, 0.2) is 54.4 Å². The monoisotopic (exact) mass is 453 g/mol. The number of urea groups is 1. The minimum atomic E-state index is -0.638. The molecule has 0 unspecified atom stereocenters. The first-order valence-electron chi connectivity index (χ1n) is 9.61. The minimum Gasteiger partial charge on any atom is -0.457 e. The summed E-state index contributed by atoms with van der Waals surface area (Å²) >= 11 is 1.35. The molecule has 0 spiro atoms. The molecule has 0 saturated heterocycles. The zero-order valence-corrected chi connectivity index (χ0v) is 18.4. The van der Waals surface area contributed by atoms with E-state index in [9.17, 15) is 9.18 Å². The number of halogens is 1. The molecule has 0 bridgehead atoms. The van der Waals surface area contributed by atoms with Crippen molar-refractivity contribution in [1.29, 1.82) is 0 Å². The summed E-state index contributed by atoms with van der Waals surface area (Å²) in [4.78, 5) is 16.5. The van der Waals surface area contributed by atoms with Gasteiger partial charge in [-0.25, -0.2) is 9.18 Å². The highest BCUT2D eigenvalue weighted by Crippen LogP contribution is 2.28. The number of hydrogen-bond donors (Lipinski definition) is 2. The quantitative estimate of drug-likeness (QED) is 0.434. The van der Waals surface area contributed by atoms with Crippen LogP contribution >= 0.6 is 11.3 Å². The Kier molecular flexibility index (Phi) is 5.82. The maximum absolute atomic E-state index is 14.5. The highest BCUT2D eigenvalue weighted by Gasteiger charge is 2.15. The van der Waals surface area contributed by atoms with Crippen molar-refractivity contribution < 1.29 is 13.9 Å². The zero-order chi connectivity index (χ0) is 22.7. The van der Waals surface area contributed by atoms with E-state index in [0.29, 0.717) is 22.1 Å². The van der Waals surface area contributed by atoms with Crippen LogP contribution in [0.2, 0.25) is 0 Å². The van der Waals surface area contributed by atoms with Gasteiger partial charge in [0.1, 0.15) is 28.5 Å². The lowest BCUT2D eigenvalue weighted by molar-refractivity contribution is 0.262. The van der Waals surface area contributed by atoms with Crippen LogP contribution < -0.4 is 15.4 Å². The molecule has 11 heteroatoms. The van der Waals surface area contributed by atoms with E-state index < -0.39 is 11.8 Å². The van der Waals surface area contributed by atoms with Gasteiger partial charge in [-0.2, -0.15) is 5.10 Å². The second kappa shape index (κ2) is 8.71. The largest absolute Gasteiger partial charge is 0.457 e. The molecule has 3 aromatic heterocycles. The van der Waals surface area contributed by atoms with Gasteiger partial charge in [0.25, 0.3) is 0 Å². The molecule has 164 valence electrons. The summed E-state index contributed by atoms with van der Waals surface area (Å²) in [6.45, 7) is 5.98. The van der Waals surface area contributed by atoms with Crippen LogP contribution in [0.5, 0.6) is 11.5 Å². The molecule has 0 radical (unpaired) electrons. The first-order chi connectivity index (χ1) is 15.3. The number of carbonyl (C=O) groups excluding carboxylic acids is 1. The van der Waals surface area contributed by atoms with Crippen LogP contribution in [0.25, 0.3) is 10.7 Å². The predicted octanol–water partition coefficient (Wildman–Crippen LogP) is 5.13. The van der Waals surface area contributed by atoms with Crippen molar-refractivity contribution in [1.82, 2.24) is 25.0 Å². The number of ether oxygens (including phenoxy) is 1. The predicted molar refractivity (Wildman–Crippen MR) is 119 cm³/mol. The van der Waals surface area contributed by atoms with Crippen LogP contribution in [0.1, 0.15) is 20.8 Å². The molecular formula is C21H20FN7O2S. The Morgan fingerprint density at radius 3 is 2.66 bits per heavy atom. The van der Waals surface area contributed by atoms with E-state index in [0.717, 1.165) is 0 Å². The fourth-order valence-corrected chi connectivity index (χ4v) is 3.23. The van der Waals surface area contributed by atoms with Crippen molar-refractivity contribution in [2.75, 3.05) is 10.6 Å². The number of nitrogens with zero attached hydrogens (tertiary/aromatic N) is 5. The first kappa shape index (κ1) is 21.4. The van der Waals surface area contributed by atoms with Crippen molar-refractivity contribution in [3.8, 4) is 22.2 Å². The highest BCUT2D eigenvalue weighted by atomic mass is 32.1. The van der Waals surface area contributed by atoms with Gasteiger partial charge in [0.2, 0.25) is 0 Å². The van der Waals surface area contributed by atoms with Gasteiger partial charge in [-0.15, -0.1) is 10.2 Å². The lowest BCUT2D eigenvalue weighted by atomic mass is 10.1. The molecule has 4 aromatic rings. The van der Waals surface area contributed by atoms with Gasteiger partial charge < -0.3 is 15.4 Å². The van der Waals surface area contributed by atoms with Crippen LogP contribution in [-0.4, -0.2) is 31.0 Å². The number of hydrogen-bond acceptors (Lipinski definition) is 7. The standard InChI is InChI=1S/C21H20FN7O2S/c1-21(2,3)29-11-13(10-25-29)26-20(30)27-17-5-4-14(8-16(17)22)31-15-6-7-23-18(9-15)19-28-24-12-32-19/h4-12H,1-3H3,(H2,26,27,30). The van der Waals surface area contributed by atoms with E-state index in [4.69, 9.17) is 4.74 Å². The molecule has 0 atom stereocenters. The second-order valence-corrected chi connectivity index (χ2v) is 8.62. The summed E-state index contributed by atoms with van der Waals surface area (Å²) in [5.41, 5.74) is 2.52. The summed E-state index contributed by atoms with van der Waals surface area (Å²) in [7, 11) is 0. The van der Waals surface area contributed by atoms with Gasteiger partial charge in [0, 0.05) is 24.5 Å². The first-order valence-corrected chi connectivity index (χ1v) is 10.5. The Balaban J connectivity index is 1.41. The normalized spacial score (nSPS) is 11.2. The fourth-order valence-electron chi connectivity index (χ4n) is 2.71. The fraction of sp³-hybridized carbons (Fsp3) is 0.190. The molecule has 1 aromatic carbocycles. The molecule has 2 N–H and O–H groups in total. The third-order valence-electron chi connectivity index (χ3n) is 4.26. The number of anilines is 2. The zero-order valence-electron chi connectivity index (χ0n) is 17.5. The van der Waals surface area contributed by atoms with Gasteiger partial charge >= 0.3 is 6.03 Å². The van der Waals surface area contributed by atoms with E-state index in [1.54, 1.807) is 40.8 Å².